The van der Waals surface area contributed by atoms with Crippen LogP contribution < -0.4 is 0 Å². The van der Waals surface area contributed by atoms with Crippen LogP contribution in [0.2, 0.25) is 0 Å². The molecule has 1 atom stereocenters. The fourth-order valence-electron chi connectivity index (χ4n) is 1.84. The lowest BCUT2D eigenvalue weighted by atomic mass is 9.92. The van der Waals surface area contributed by atoms with E-state index in [2.05, 4.69) is 10.3 Å². The summed E-state index contributed by atoms with van der Waals surface area (Å²) in [5, 5.41) is 27.0. The third kappa shape index (κ3) is 2.38. The summed E-state index contributed by atoms with van der Waals surface area (Å²) >= 11 is 0. The van der Waals surface area contributed by atoms with E-state index in [1.165, 1.54) is 0 Å². The largest absolute Gasteiger partial charge is 0.476 e. The van der Waals surface area contributed by atoms with E-state index in [0.717, 1.165) is 12.8 Å². The second-order valence-corrected chi connectivity index (χ2v) is 5.57. The SMILES string of the molecule is CC(C)C(C)(O)Cn1nnc(C(=O)O)c1C1CC1. The number of carbonyl (C=O) groups is 1. The third-order valence-electron chi connectivity index (χ3n) is 3.65. The lowest BCUT2D eigenvalue weighted by Crippen LogP contribution is -2.37. The molecule has 0 radical (unpaired) electrons. The fraction of sp³-hybridized carbons (Fsp3) is 0.750. The second-order valence-electron chi connectivity index (χ2n) is 5.57. The minimum absolute atomic E-state index is 0.0251. The highest BCUT2D eigenvalue weighted by Crippen LogP contribution is 2.41. The van der Waals surface area contributed by atoms with Crippen LogP contribution in [0, 0.1) is 5.92 Å². The number of nitrogens with zero attached hydrogens (tertiary/aromatic N) is 3. The predicted octanol–water partition coefficient (Wildman–Crippen LogP) is 1.26. The van der Waals surface area contributed by atoms with Gasteiger partial charge >= 0.3 is 5.97 Å². The molecule has 6 nitrogen and oxygen atoms in total. The molecule has 0 bridgehead atoms. The molecule has 100 valence electrons. The predicted molar refractivity (Wildman–Crippen MR) is 64.4 cm³/mol. The molecule has 1 aromatic heterocycles. The van der Waals surface area contributed by atoms with Crippen molar-refractivity contribution in [1.29, 1.82) is 0 Å². The molecule has 1 aromatic rings. The van der Waals surface area contributed by atoms with Gasteiger partial charge in [0.1, 0.15) is 0 Å². The summed E-state index contributed by atoms with van der Waals surface area (Å²) in [5.74, 6) is -0.761. The van der Waals surface area contributed by atoms with Gasteiger partial charge in [-0.25, -0.2) is 9.48 Å². The number of hydrogen-bond donors (Lipinski definition) is 2. The van der Waals surface area contributed by atoms with Gasteiger partial charge in [-0.3, -0.25) is 0 Å². The molecule has 2 N–H and O–H groups in total. The van der Waals surface area contributed by atoms with Gasteiger partial charge in [0.2, 0.25) is 0 Å². The average molecular weight is 253 g/mol. The molecule has 1 aliphatic carbocycles. The van der Waals surface area contributed by atoms with Crippen LogP contribution in [0.1, 0.15) is 55.7 Å². The van der Waals surface area contributed by atoms with Crippen LogP contribution in [0.15, 0.2) is 0 Å². The van der Waals surface area contributed by atoms with Crippen LogP contribution in [0.4, 0.5) is 0 Å². The summed E-state index contributed by atoms with van der Waals surface area (Å²) in [6.45, 7) is 5.85. The Bertz CT molecular complexity index is 461. The zero-order chi connectivity index (χ0) is 13.5. The molecule has 1 saturated carbocycles. The quantitative estimate of drug-likeness (QED) is 0.824. The monoisotopic (exact) mass is 253 g/mol. The van der Waals surface area contributed by atoms with Crippen LogP contribution in [0.25, 0.3) is 0 Å². The lowest BCUT2D eigenvalue weighted by Gasteiger charge is -2.27. The maximum absolute atomic E-state index is 11.1. The van der Waals surface area contributed by atoms with Gasteiger partial charge in [-0.15, -0.1) is 5.10 Å². The van der Waals surface area contributed by atoms with Gasteiger partial charge in [-0.2, -0.15) is 0 Å². The molecule has 1 unspecified atom stereocenters. The topological polar surface area (TPSA) is 88.2 Å². The van der Waals surface area contributed by atoms with E-state index in [-0.39, 0.29) is 24.1 Å². The molecular weight excluding hydrogens is 234 g/mol. The Labute approximate surface area is 106 Å². The number of carboxylic acid groups (broad SMARTS) is 1. The Morgan fingerprint density at radius 3 is 2.61 bits per heavy atom. The van der Waals surface area contributed by atoms with Crippen molar-refractivity contribution in [1.82, 2.24) is 15.0 Å². The zero-order valence-corrected chi connectivity index (χ0v) is 10.9. The van der Waals surface area contributed by atoms with E-state index in [9.17, 15) is 9.90 Å². The van der Waals surface area contributed by atoms with E-state index in [1.807, 2.05) is 13.8 Å². The van der Waals surface area contributed by atoms with Crippen LogP contribution >= 0.6 is 0 Å². The molecule has 2 rings (SSSR count). The standard InChI is InChI=1S/C12H19N3O3/c1-7(2)12(3,18)6-15-10(8-4-5-8)9(11(16)17)13-14-15/h7-8,18H,4-6H2,1-3H3,(H,16,17). The third-order valence-corrected chi connectivity index (χ3v) is 3.65. The van der Waals surface area contributed by atoms with Crippen molar-refractivity contribution < 1.29 is 15.0 Å². The van der Waals surface area contributed by atoms with Crippen molar-refractivity contribution in [2.75, 3.05) is 0 Å². The lowest BCUT2D eigenvalue weighted by molar-refractivity contribution is -0.00683. The van der Waals surface area contributed by atoms with Crippen molar-refractivity contribution in [2.45, 2.75) is 51.7 Å². The Balaban J connectivity index is 2.31. The molecule has 6 heteroatoms. The van der Waals surface area contributed by atoms with E-state index in [0.29, 0.717) is 5.69 Å². The molecule has 18 heavy (non-hydrogen) atoms. The van der Waals surface area contributed by atoms with E-state index in [4.69, 9.17) is 5.11 Å². The highest BCUT2D eigenvalue weighted by Gasteiger charge is 2.36. The summed E-state index contributed by atoms with van der Waals surface area (Å²) in [6.07, 6.45) is 1.94. The molecule has 1 heterocycles. The van der Waals surface area contributed by atoms with Crippen molar-refractivity contribution in [3.63, 3.8) is 0 Å². The first-order chi connectivity index (χ1) is 8.33. The molecule has 0 amide bonds. The van der Waals surface area contributed by atoms with Crippen molar-refractivity contribution in [2.24, 2.45) is 5.92 Å². The Morgan fingerprint density at radius 2 is 2.17 bits per heavy atom. The molecule has 0 aromatic carbocycles. The highest BCUT2D eigenvalue weighted by atomic mass is 16.4. The van der Waals surface area contributed by atoms with Crippen LogP contribution in [-0.4, -0.2) is 36.8 Å². The molecule has 1 fully saturated rings. The van der Waals surface area contributed by atoms with Crippen molar-refractivity contribution in [3.05, 3.63) is 11.4 Å². The maximum atomic E-state index is 11.1. The minimum Gasteiger partial charge on any atom is -0.476 e. The molecule has 0 aliphatic heterocycles. The summed E-state index contributed by atoms with van der Waals surface area (Å²) in [4.78, 5) is 11.1. The number of rotatable bonds is 5. The van der Waals surface area contributed by atoms with Crippen LogP contribution in [0.3, 0.4) is 0 Å². The summed E-state index contributed by atoms with van der Waals surface area (Å²) < 4.78 is 1.56. The first-order valence-electron chi connectivity index (χ1n) is 6.22. The van der Waals surface area contributed by atoms with E-state index in [1.54, 1.807) is 11.6 Å². The summed E-state index contributed by atoms with van der Waals surface area (Å²) in [7, 11) is 0. The first kappa shape index (κ1) is 13.0. The van der Waals surface area contributed by atoms with Gasteiger partial charge < -0.3 is 10.2 Å². The smallest absolute Gasteiger partial charge is 0.358 e. The number of aliphatic hydroxyl groups is 1. The van der Waals surface area contributed by atoms with Gasteiger partial charge in [-0.1, -0.05) is 19.1 Å². The average Bonchev–Trinajstić information content (AvgIpc) is 3.00. The first-order valence-corrected chi connectivity index (χ1v) is 6.22. The zero-order valence-electron chi connectivity index (χ0n) is 10.9. The molecule has 1 aliphatic rings. The van der Waals surface area contributed by atoms with Crippen LogP contribution in [0.5, 0.6) is 0 Å². The van der Waals surface area contributed by atoms with Gasteiger partial charge in [0.15, 0.2) is 5.69 Å². The van der Waals surface area contributed by atoms with Crippen LogP contribution in [-0.2, 0) is 6.54 Å². The number of carboxylic acids is 1. The minimum atomic E-state index is -1.05. The van der Waals surface area contributed by atoms with E-state index < -0.39 is 11.6 Å². The highest BCUT2D eigenvalue weighted by molar-refractivity contribution is 5.86. The number of aromatic nitrogens is 3. The second kappa shape index (κ2) is 4.35. The van der Waals surface area contributed by atoms with Crippen molar-refractivity contribution in [3.8, 4) is 0 Å². The van der Waals surface area contributed by atoms with Gasteiger partial charge in [0, 0.05) is 5.92 Å². The summed E-state index contributed by atoms with van der Waals surface area (Å²) in [5.41, 5.74) is -0.242. The Morgan fingerprint density at radius 1 is 1.56 bits per heavy atom. The number of hydrogen-bond acceptors (Lipinski definition) is 4. The van der Waals surface area contributed by atoms with Gasteiger partial charge in [0.25, 0.3) is 0 Å². The fourth-order valence-corrected chi connectivity index (χ4v) is 1.84. The molecule has 0 spiro atoms. The van der Waals surface area contributed by atoms with Gasteiger partial charge in [-0.05, 0) is 25.7 Å². The normalized spacial score (nSPS) is 18.9. The maximum Gasteiger partial charge on any atom is 0.358 e. The molecular formula is C12H19N3O3. The van der Waals surface area contributed by atoms with Crippen molar-refractivity contribution >= 4 is 5.97 Å². The Hall–Kier alpha value is -1.43. The van der Waals surface area contributed by atoms with E-state index >= 15 is 0 Å². The van der Waals surface area contributed by atoms with Gasteiger partial charge in [0.05, 0.1) is 17.8 Å². The molecule has 0 saturated heterocycles. The number of aromatic carboxylic acids is 1. The Kier molecular flexibility index (Phi) is 3.14. The summed E-state index contributed by atoms with van der Waals surface area (Å²) in [6, 6.07) is 0.